The van der Waals surface area contributed by atoms with Gasteiger partial charge in [0.25, 0.3) is 0 Å². The van der Waals surface area contributed by atoms with Gasteiger partial charge in [0.1, 0.15) is 0 Å². The first-order valence-electron chi connectivity index (χ1n) is 7.09. The Kier molecular flexibility index (Phi) is 4.57. The summed E-state index contributed by atoms with van der Waals surface area (Å²) in [5, 5.41) is 12.2. The van der Waals surface area contributed by atoms with Crippen LogP contribution in [0.5, 0.6) is 0 Å². The molecule has 1 heterocycles. The first kappa shape index (κ1) is 15.4. The Bertz CT molecular complexity index is 621. The zero-order chi connectivity index (χ0) is 15.6. The second-order valence-electron chi connectivity index (χ2n) is 5.74. The molecule has 0 saturated carbocycles. The molecule has 1 unspecified atom stereocenters. The fraction of sp³-hybridized carbons (Fsp3) is 0.533. The third-order valence-corrected chi connectivity index (χ3v) is 3.77. The van der Waals surface area contributed by atoms with E-state index in [1.807, 2.05) is 24.6 Å². The highest BCUT2D eigenvalue weighted by atomic mass is 16.5. The number of tetrazole rings is 1. The lowest BCUT2D eigenvalue weighted by Crippen LogP contribution is -2.22. The summed E-state index contributed by atoms with van der Waals surface area (Å²) in [5.74, 6) is 1.09. The summed E-state index contributed by atoms with van der Waals surface area (Å²) in [7, 11) is 1.69. The summed E-state index contributed by atoms with van der Waals surface area (Å²) in [6.07, 6.45) is 0. The minimum atomic E-state index is 0.0851. The molecule has 0 fully saturated rings. The van der Waals surface area contributed by atoms with Gasteiger partial charge in [0.2, 0.25) is 0 Å². The maximum absolute atomic E-state index is 6.04. The summed E-state index contributed by atoms with van der Waals surface area (Å²) in [4.78, 5) is 0. The van der Waals surface area contributed by atoms with E-state index >= 15 is 0 Å². The average molecular weight is 289 g/mol. The Morgan fingerprint density at radius 2 is 1.95 bits per heavy atom. The highest BCUT2D eigenvalue weighted by Gasteiger charge is 2.22. The van der Waals surface area contributed by atoms with E-state index in [1.165, 1.54) is 0 Å². The Balaban J connectivity index is 2.52. The Morgan fingerprint density at radius 3 is 2.57 bits per heavy atom. The van der Waals surface area contributed by atoms with Crippen molar-refractivity contribution in [2.45, 2.75) is 33.7 Å². The second-order valence-corrected chi connectivity index (χ2v) is 5.74. The van der Waals surface area contributed by atoms with Crippen LogP contribution in [0, 0.1) is 19.8 Å². The van der Waals surface area contributed by atoms with Gasteiger partial charge in [0.05, 0.1) is 12.6 Å². The molecular weight excluding hydrogens is 266 g/mol. The third-order valence-electron chi connectivity index (χ3n) is 3.77. The van der Waals surface area contributed by atoms with Crippen LogP contribution in [0.1, 0.15) is 31.0 Å². The van der Waals surface area contributed by atoms with Gasteiger partial charge in [0.15, 0.2) is 5.82 Å². The second kappa shape index (κ2) is 6.22. The summed E-state index contributed by atoms with van der Waals surface area (Å²) in [5.41, 5.74) is 9.92. The molecule has 0 aliphatic rings. The van der Waals surface area contributed by atoms with E-state index < -0.39 is 0 Å². The number of hydrogen-bond donors (Lipinski definition) is 1. The van der Waals surface area contributed by atoms with Crippen molar-refractivity contribution >= 4 is 5.69 Å². The number of hydrogen-bond acceptors (Lipinski definition) is 5. The lowest BCUT2D eigenvalue weighted by molar-refractivity contribution is 0.126. The van der Waals surface area contributed by atoms with Crippen molar-refractivity contribution in [1.82, 2.24) is 20.2 Å². The van der Waals surface area contributed by atoms with Crippen LogP contribution in [0.25, 0.3) is 11.4 Å². The number of methoxy groups -OCH3 is 1. The normalized spacial score (nSPS) is 12.9. The predicted octanol–water partition coefficient (Wildman–Crippen LogP) is 2.38. The van der Waals surface area contributed by atoms with Gasteiger partial charge >= 0.3 is 0 Å². The highest BCUT2D eigenvalue weighted by Crippen LogP contribution is 2.29. The molecule has 0 bridgehead atoms. The van der Waals surface area contributed by atoms with E-state index in [0.29, 0.717) is 12.5 Å². The number of aryl methyl sites for hydroxylation is 2. The van der Waals surface area contributed by atoms with Crippen molar-refractivity contribution in [3.8, 4) is 11.4 Å². The summed E-state index contributed by atoms with van der Waals surface area (Å²) >= 11 is 0. The smallest absolute Gasteiger partial charge is 0.182 e. The molecule has 6 nitrogen and oxygen atoms in total. The van der Waals surface area contributed by atoms with Crippen molar-refractivity contribution in [2.75, 3.05) is 19.5 Å². The summed E-state index contributed by atoms with van der Waals surface area (Å²) in [6.45, 7) is 8.87. The first-order chi connectivity index (χ1) is 9.95. The third kappa shape index (κ3) is 3.05. The summed E-state index contributed by atoms with van der Waals surface area (Å²) < 4.78 is 7.15. The number of benzene rings is 1. The van der Waals surface area contributed by atoms with Gasteiger partial charge in [-0.1, -0.05) is 19.9 Å². The van der Waals surface area contributed by atoms with Gasteiger partial charge < -0.3 is 10.5 Å². The van der Waals surface area contributed by atoms with E-state index in [4.69, 9.17) is 10.5 Å². The molecule has 114 valence electrons. The maximum atomic E-state index is 6.04. The molecule has 0 radical (unpaired) electrons. The minimum Gasteiger partial charge on any atom is -0.398 e. The van der Waals surface area contributed by atoms with Crippen LogP contribution >= 0.6 is 0 Å². The van der Waals surface area contributed by atoms with Crippen LogP contribution in [-0.2, 0) is 4.74 Å². The molecule has 2 N–H and O–H groups in total. The molecule has 0 aliphatic carbocycles. The molecule has 21 heavy (non-hydrogen) atoms. The van der Waals surface area contributed by atoms with Gasteiger partial charge in [-0.25, -0.2) is 4.68 Å². The SMILES string of the molecule is COCC(C(C)C)n1nnnc1-c1cc(N)c(C)cc1C. The van der Waals surface area contributed by atoms with Crippen molar-refractivity contribution in [2.24, 2.45) is 5.92 Å². The Hall–Kier alpha value is -1.95. The van der Waals surface area contributed by atoms with Crippen molar-refractivity contribution in [3.05, 3.63) is 23.3 Å². The van der Waals surface area contributed by atoms with Crippen LogP contribution < -0.4 is 5.73 Å². The lowest BCUT2D eigenvalue weighted by atomic mass is 10.0. The number of nitrogens with two attached hydrogens (primary N) is 1. The van der Waals surface area contributed by atoms with E-state index in [0.717, 1.165) is 28.2 Å². The fourth-order valence-electron chi connectivity index (χ4n) is 2.42. The average Bonchev–Trinajstić information content (AvgIpc) is 2.88. The molecule has 1 aromatic carbocycles. The van der Waals surface area contributed by atoms with E-state index in [2.05, 4.69) is 35.4 Å². The molecule has 1 aromatic heterocycles. The molecule has 0 amide bonds. The van der Waals surface area contributed by atoms with E-state index in [-0.39, 0.29) is 6.04 Å². The monoisotopic (exact) mass is 289 g/mol. The topological polar surface area (TPSA) is 78.8 Å². The molecule has 2 aromatic rings. The van der Waals surface area contributed by atoms with Crippen LogP contribution in [0.4, 0.5) is 5.69 Å². The van der Waals surface area contributed by atoms with Crippen LogP contribution in [0.2, 0.25) is 0 Å². The van der Waals surface area contributed by atoms with Crippen molar-refractivity contribution in [3.63, 3.8) is 0 Å². The molecule has 0 spiro atoms. The van der Waals surface area contributed by atoms with Gasteiger partial charge in [0, 0.05) is 18.4 Å². The molecule has 6 heteroatoms. The van der Waals surface area contributed by atoms with Crippen LogP contribution in [0.3, 0.4) is 0 Å². The standard InChI is InChI=1S/C15H23N5O/c1-9(2)14(8-21-5)20-15(17-18-19-20)12-7-13(16)11(4)6-10(12)3/h6-7,9,14H,8,16H2,1-5H3. The zero-order valence-electron chi connectivity index (χ0n) is 13.3. The van der Waals surface area contributed by atoms with Crippen LogP contribution in [0.15, 0.2) is 12.1 Å². The largest absolute Gasteiger partial charge is 0.398 e. The molecule has 2 rings (SSSR count). The number of nitrogen functional groups attached to an aromatic ring is 1. The number of rotatable bonds is 5. The zero-order valence-corrected chi connectivity index (χ0v) is 13.3. The predicted molar refractivity (Wildman–Crippen MR) is 82.9 cm³/mol. The number of ether oxygens (including phenoxy) is 1. The number of aromatic nitrogens is 4. The number of anilines is 1. The Labute approximate surface area is 125 Å². The fourth-order valence-corrected chi connectivity index (χ4v) is 2.42. The minimum absolute atomic E-state index is 0.0851. The molecule has 0 aliphatic heterocycles. The van der Waals surface area contributed by atoms with Gasteiger partial charge in [-0.3, -0.25) is 0 Å². The van der Waals surface area contributed by atoms with Crippen molar-refractivity contribution < 1.29 is 4.74 Å². The molecular formula is C15H23N5O. The number of nitrogens with zero attached hydrogens (tertiary/aromatic N) is 4. The van der Waals surface area contributed by atoms with E-state index in [9.17, 15) is 0 Å². The Morgan fingerprint density at radius 1 is 1.24 bits per heavy atom. The van der Waals surface area contributed by atoms with Gasteiger partial charge in [-0.15, -0.1) is 5.10 Å². The highest BCUT2D eigenvalue weighted by molar-refractivity contribution is 5.67. The van der Waals surface area contributed by atoms with Gasteiger partial charge in [-0.2, -0.15) is 0 Å². The van der Waals surface area contributed by atoms with Crippen molar-refractivity contribution in [1.29, 1.82) is 0 Å². The van der Waals surface area contributed by atoms with Crippen LogP contribution in [-0.4, -0.2) is 33.9 Å². The quantitative estimate of drug-likeness (QED) is 0.855. The molecule has 0 saturated heterocycles. The summed E-state index contributed by atoms with van der Waals surface area (Å²) in [6, 6.07) is 4.09. The first-order valence-corrected chi connectivity index (χ1v) is 7.09. The van der Waals surface area contributed by atoms with Gasteiger partial charge in [-0.05, 0) is 47.4 Å². The maximum Gasteiger partial charge on any atom is 0.182 e. The molecule has 1 atom stereocenters. The van der Waals surface area contributed by atoms with E-state index in [1.54, 1.807) is 7.11 Å². The lowest BCUT2D eigenvalue weighted by Gasteiger charge is -2.21.